The van der Waals surface area contributed by atoms with Crippen molar-refractivity contribution in [3.05, 3.63) is 27.1 Å². The fourth-order valence-electron chi connectivity index (χ4n) is 3.30. The SMILES string of the molecule is CC[C@@H](C)[C@H](NC(=O)Cn1cnc2sc3c(c2c1=O)CCC3)C(=O)OC. The van der Waals surface area contributed by atoms with E-state index in [1.165, 1.54) is 22.9 Å². The van der Waals surface area contributed by atoms with Crippen molar-refractivity contribution < 1.29 is 14.3 Å². The summed E-state index contributed by atoms with van der Waals surface area (Å²) >= 11 is 1.57. The largest absolute Gasteiger partial charge is 0.467 e. The molecule has 1 amide bonds. The van der Waals surface area contributed by atoms with E-state index in [0.717, 1.165) is 29.7 Å². The van der Waals surface area contributed by atoms with Crippen molar-refractivity contribution in [2.24, 2.45) is 5.92 Å². The van der Waals surface area contributed by atoms with Gasteiger partial charge in [0.25, 0.3) is 5.56 Å². The quantitative estimate of drug-likeness (QED) is 0.773. The number of amides is 1. The minimum atomic E-state index is -0.727. The molecule has 8 heteroatoms. The minimum Gasteiger partial charge on any atom is -0.467 e. The van der Waals surface area contributed by atoms with Crippen LogP contribution in [0.15, 0.2) is 11.1 Å². The van der Waals surface area contributed by atoms with E-state index >= 15 is 0 Å². The van der Waals surface area contributed by atoms with Crippen molar-refractivity contribution in [2.75, 3.05) is 7.11 Å². The Morgan fingerprint density at radius 1 is 1.42 bits per heavy atom. The molecule has 1 aliphatic rings. The van der Waals surface area contributed by atoms with Gasteiger partial charge in [0.05, 0.1) is 18.8 Å². The number of thiophene rings is 1. The zero-order chi connectivity index (χ0) is 18.8. The highest BCUT2D eigenvalue weighted by Gasteiger charge is 2.27. The highest BCUT2D eigenvalue weighted by atomic mass is 32.1. The van der Waals surface area contributed by atoms with Crippen LogP contribution in [0.4, 0.5) is 0 Å². The molecule has 2 aromatic rings. The molecule has 0 fully saturated rings. The molecule has 2 aromatic heterocycles. The van der Waals surface area contributed by atoms with E-state index in [2.05, 4.69) is 10.3 Å². The number of nitrogens with zero attached hydrogens (tertiary/aromatic N) is 2. The van der Waals surface area contributed by atoms with Gasteiger partial charge in [0.15, 0.2) is 0 Å². The first-order valence-electron chi connectivity index (χ1n) is 8.83. The zero-order valence-electron chi connectivity index (χ0n) is 15.2. The molecule has 0 spiro atoms. The Kier molecular flexibility index (Phi) is 5.41. The average Bonchev–Trinajstić information content (AvgIpc) is 3.21. The Morgan fingerprint density at radius 3 is 2.88 bits per heavy atom. The average molecular weight is 377 g/mol. The zero-order valence-corrected chi connectivity index (χ0v) is 16.0. The van der Waals surface area contributed by atoms with E-state index in [1.807, 2.05) is 13.8 Å². The Hall–Kier alpha value is -2.22. The molecule has 0 saturated heterocycles. The lowest BCUT2D eigenvalue weighted by molar-refractivity contribution is -0.146. The minimum absolute atomic E-state index is 0.0659. The van der Waals surface area contributed by atoms with Gasteiger partial charge in [-0.2, -0.15) is 0 Å². The molecule has 2 atom stereocenters. The first-order chi connectivity index (χ1) is 12.5. The van der Waals surface area contributed by atoms with Gasteiger partial charge >= 0.3 is 5.97 Å². The van der Waals surface area contributed by atoms with E-state index in [-0.39, 0.29) is 18.0 Å². The summed E-state index contributed by atoms with van der Waals surface area (Å²) in [6, 6.07) is -0.727. The third-order valence-electron chi connectivity index (χ3n) is 4.99. The van der Waals surface area contributed by atoms with Crippen molar-refractivity contribution >= 4 is 33.4 Å². The van der Waals surface area contributed by atoms with Gasteiger partial charge in [-0.25, -0.2) is 9.78 Å². The van der Waals surface area contributed by atoms with E-state index in [1.54, 1.807) is 11.3 Å². The molecule has 0 aromatic carbocycles. The number of hydrogen-bond acceptors (Lipinski definition) is 6. The Bertz CT molecular complexity index is 902. The molecule has 1 N–H and O–H groups in total. The van der Waals surface area contributed by atoms with Crippen LogP contribution >= 0.6 is 11.3 Å². The van der Waals surface area contributed by atoms with E-state index in [4.69, 9.17) is 4.74 Å². The Balaban J connectivity index is 1.82. The maximum atomic E-state index is 12.8. The number of methoxy groups -OCH3 is 1. The predicted octanol–water partition coefficient (Wildman–Crippen LogP) is 1.65. The van der Waals surface area contributed by atoms with E-state index in [0.29, 0.717) is 11.8 Å². The van der Waals surface area contributed by atoms with Crippen LogP contribution in [0.1, 0.15) is 37.1 Å². The molecule has 26 heavy (non-hydrogen) atoms. The number of carbonyl (C=O) groups is 2. The summed E-state index contributed by atoms with van der Waals surface area (Å²) in [5.74, 6) is -0.955. The topological polar surface area (TPSA) is 90.3 Å². The molecule has 0 bridgehead atoms. The maximum absolute atomic E-state index is 12.8. The van der Waals surface area contributed by atoms with Crippen LogP contribution in [-0.4, -0.2) is 34.6 Å². The lowest BCUT2D eigenvalue weighted by atomic mass is 9.99. The monoisotopic (exact) mass is 377 g/mol. The van der Waals surface area contributed by atoms with Crippen molar-refractivity contribution in [3.63, 3.8) is 0 Å². The van der Waals surface area contributed by atoms with E-state index in [9.17, 15) is 14.4 Å². The number of nitrogens with one attached hydrogen (secondary N) is 1. The summed E-state index contributed by atoms with van der Waals surface area (Å²) in [4.78, 5) is 43.5. The highest BCUT2D eigenvalue weighted by Crippen LogP contribution is 2.34. The molecule has 0 saturated carbocycles. The second kappa shape index (κ2) is 7.57. The first kappa shape index (κ1) is 18.6. The van der Waals surface area contributed by atoms with Crippen molar-refractivity contribution in [3.8, 4) is 0 Å². The highest BCUT2D eigenvalue weighted by molar-refractivity contribution is 7.18. The molecule has 0 radical (unpaired) electrons. The number of carbonyl (C=O) groups excluding carboxylic acids is 2. The molecular weight excluding hydrogens is 354 g/mol. The number of ether oxygens (including phenoxy) is 1. The molecule has 2 heterocycles. The van der Waals surface area contributed by atoms with Crippen LogP contribution in [0, 0.1) is 5.92 Å². The lowest BCUT2D eigenvalue weighted by Gasteiger charge is -2.22. The standard InChI is InChI=1S/C18H23N3O4S/c1-4-10(2)15(18(24)25-3)20-13(22)8-21-9-19-16-14(17(21)23)11-6-5-7-12(11)26-16/h9-10,15H,4-8H2,1-3H3,(H,20,22)/t10-,15+/m1/s1. The van der Waals surface area contributed by atoms with Crippen molar-refractivity contribution in [1.82, 2.24) is 14.9 Å². The fourth-order valence-corrected chi connectivity index (χ4v) is 4.52. The predicted molar refractivity (Wildman–Crippen MR) is 99.3 cm³/mol. The van der Waals surface area contributed by atoms with Crippen LogP contribution in [0.5, 0.6) is 0 Å². The summed E-state index contributed by atoms with van der Waals surface area (Å²) in [5, 5.41) is 3.33. The molecule has 140 valence electrons. The van der Waals surface area contributed by atoms with Crippen LogP contribution < -0.4 is 10.9 Å². The van der Waals surface area contributed by atoms with Crippen LogP contribution in [-0.2, 0) is 33.7 Å². The summed E-state index contributed by atoms with van der Waals surface area (Å²) in [5.41, 5.74) is 0.895. The molecule has 7 nitrogen and oxygen atoms in total. The Morgan fingerprint density at radius 2 is 2.19 bits per heavy atom. The molecule has 1 aliphatic carbocycles. The number of esters is 1. The van der Waals surface area contributed by atoms with Gasteiger partial charge in [-0.15, -0.1) is 11.3 Å². The van der Waals surface area contributed by atoms with Gasteiger partial charge < -0.3 is 10.1 Å². The number of hydrogen-bond donors (Lipinski definition) is 1. The van der Waals surface area contributed by atoms with Crippen LogP contribution in [0.25, 0.3) is 10.2 Å². The summed E-state index contributed by atoms with van der Waals surface area (Å²) in [6.07, 6.45) is 5.06. The number of fused-ring (bicyclic) bond motifs is 3. The normalized spacial score (nSPS) is 15.5. The first-order valence-corrected chi connectivity index (χ1v) is 9.64. The molecule has 3 rings (SSSR count). The van der Waals surface area contributed by atoms with Gasteiger partial charge in [0, 0.05) is 4.88 Å². The number of aryl methyl sites for hydroxylation is 2. The molecule has 0 aliphatic heterocycles. The maximum Gasteiger partial charge on any atom is 0.328 e. The third-order valence-corrected chi connectivity index (χ3v) is 6.19. The smallest absolute Gasteiger partial charge is 0.328 e. The van der Waals surface area contributed by atoms with Gasteiger partial charge in [0.2, 0.25) is 5.91 Å². The number of aromatic nitrogens is 2. The van der Waals surface area contributed by atoms with Crippen molar-refractivity contribution in [1.29, 1.82) is 0 Å². The Labute approximate surface area is 155 Å². The summed E-state index contributed by atoms with van der Waals surface area (Å²) in [6.45, 7) is 3.64. The van der Waals surface area contributed by atoms with Crippen LogP contribution in [0.2, 0.25) is 0 Å². The van der Waals surface area contributed by atoms with Gasteiger partial charge in [0.1, 0.15) is 17.4 Å². The molecule has 0 unspecified atom stereocenters. The molecular formula is C18H23N3O4S. The van der Waals surface area contributed by atoms with Crippen LogP contribution in [0.3, 0.4) is 0 Å². The second-order valence-corrected chi connectivity index (χ2v) is 7.75. The lowest BCUT2D eigenvalue weighted by Crippen LogP contribution is -2.47. The second-order valence-electron chi connectivity index (χ2n) is 6.67. The number of rotatable bonds is 6. The summed E-state index contributed by atoms with van der Waals surface area (Å²) in [7, 11) is 1.30. The van der Waals surface area contributed by atoms with Gasteiger partial charge in [-0.1, -0.05) is 20.3 Å². The summed E-state index contributed by atoms with van der Waals surface area (Å²) < 4.78 is 6.09. The van der Waals surface area contributed by atoms with Gasteiger partial charge in [-0.3, -0.25) is 14.2 Å². The van der Waals surface area contributed by atoms with Gasteiger partial charge in [-0.05, 0) is 30.7 Å². The fraction of sp³-hybridized carbons (Fsp3) is 0.556. The third kappa shape index (κ3) is 3.38. The van der Waals surface area contributed by atoms with Crippen molar-refractivity contribution in [2.45, 2.75) is 52.1 Å². The van der Waals surface area contributed by atoms with E-state index < -0.39 is 17.9 Å².